The summed E-state index contributed by atoms with van der Waals surface area (Å²) in [6, 6.07) is 12.8. The lowest BCUT2D eigenvalue weighted by Crippen LogP contribution is -2.17. The van der Waals surface area contributed by atoms with E-state index in [0.717, 1.165) is 18.1 Å². The summed E-state index contributed by atoms with van der Waals surface area (Å²) in [4.78, 5) is 20.0. The van der Waals surface area contributed by atoms with Gasteiger partial charge in [0.2, 0.25) is 5.91 Å². The maximum absolute atomic E-state index is 13.6. The molecule has 0 spiro atoms. The Labute approximate surface area is 172 Å². The van der Waals surface area contributed by atoms with Gasteiger partial charge in [-0.1, -0.05) is 18.2 Å². The van der Waals surface area contributed by atoms with Crippen LogP contribution in [0, 0.1) is 23.0 Å². The third-order valence-corrected chi connectivity index (χ3v) is 4.32. The molecule has 0 atom stereocenters. The second kappa shape index (κ2) is 10.2. The van der Waals surface area contributed by atoms with Crippen molar-refractivity contribution < 1.29 is 13.6 Å². The highest BCUT2D eigenvalue weighted by Crippen LogP contribution is 2.12. The van der Waals surface area contributed by atoms with E-state index in [1.54, 1.807) is 12.1 Å². The zero-order valence-corrected chi connectivity index (χ0v) is 16.0. The molecule has 0 aliphatic rings. The summed E-state index contributed by atoms with van der Waals surface area (Å²) in [6.45, 7) is 0.943. The zero-order chi connectivity index (χ0) is 21.3. The molecule has 1 heterocycles. The van der Waals surface area contributed by atoms with Crippen LogP contribution in [-0.2, 0) is 24.2 Å². The molecule has 0 radical (unpaired) electrons. The Morgan fingerprint density at radius 1 is 1.07 bits per heavy atom. The van der Waals surface area contributed by atoms with Crippen LogP contribution in [0.3, 0.4) is 0 Å². The third kappa shape index (κ3) is 6.15. The number of anilines is 1. The van der Waals surface area contributed by atoms with Crippen molar-refractivity contribution in [2.24, 2.45) is 0 Å². The highest BCUT2D eigenvalue weighted by atomic mass is 19.1. The SMILES string of the molecule is N#Cc1cnc(CC(=O)Nc2ccc(CCNCc3ccc(F)cc3F)cc2)cn1. The van der Waals surface area contributed by atoms with Crippen LogP contribution in [-0.4, -0.2) is 22.4 Å². The van der Waals surface area contributed by atoms with Crippen molar-refractivity contribution in [3.05, 3.63) is 89.0 Å². The largest absolute Gasteiger partial charge is 0.326 e. The molecule has 6 nitrogen and oxygen atoms in total. The van der Waals surface area contributed by atoms with Crippen molar-refractivity contribution in [1.29, 1.82) is 5.26 Å². The van der Waals surface area contributed by atoms with E-state index >= 15 is 0 Å². The molecule has 3 rings (SSSR count). The second-order valence-electron chi connectivity index (χ2n) is 6.59. The molecule has 0 saturated carbocycles. The van der Waals surface area contributed by atoms with Crippen LogP contribution >= 0.6 is 0 Å². The van der Waals surface area contributed by atoms with Gasteiger partial charge < -0.3 is 10.6 Å². The molecule has 152 valence electrons. The topological polar surface area (TPSA) is 90.7 Å². The predicted octanol–water partition coefficient (Wildman–Crippen LogP) is 3.14. The molecule has 2 N–H and O–H groups in total. The van der Waals surface area contributed by atoms with Gasteiger partial charge in [-0.05, 0) is 36.7 Å². The van der Waals surface area contributed by atoms with E-state index in [4.69, 9.17) is 5.26 Å². The van der Waals surface area contributed by atoms with Gasteiger partial charge in [0.05, 0.1) is 24.5 Å². The highest BCUT2D eigenvalue weighted by molar-refractivity contribution is 5.91. The summed E-state index contributed by atoms with van der Waals surface area (Å²) >= 11 is 0. The standard InChI is InChI=1S/C22H19F2N5O/c23-17-4-3-16(21(24)9-17)12-26-8-7-15-1-5-18(6-2-15)29-22(30)10-19-13-28-20(11-25)14-27-19/h1-6,9,13-14,26H,7-8,10,12H2,(H,29,30). The zero-order valence-electron chi connectivity index (χ0n) is 16.0. The van der Waals surface area contributed by atoms with Crippen molar-refractivity contribution in [3.8, 4) is 6.07 Å². The van der Waals surface area contributed by atoms with E-state index in [1.165, 1.54) is 24.5 Å². The molecule has 3 aromatic rings. The van der Waals surface area contributed by atoms with Gasteiger partial charge in [-0.3, -0.25) is 9.78 Å². The van der Waals surface area contributed by atoms with Gasteiger partial charge >= 0.3 is 0 Å². The molecule has 0 bridgehead atoms. The number of nitriles is 1. The van der Waals surface area contributed by atoms with E-state index in [-0.39, 0.29) is 18.0 Å². The number of hydrogen-bond donors (Lipinski definition) is 2. The first-order valence-corrected chi connectivity index (χ1v) is 9.28. The molecule has 0 aliphatic heterocycles. The first kappa shape index (κ1) is 21.0. The number of carbonyl (C=O) groups excluding carboxylic acids is 1. The number of rotatable bonds is 8. The fourth-order valence-corrected chi connectivity index (χ4v) is 2.75. The number of hydrogen-bond acceptors (Lipinski definition) is 5. The molecule has 1 amide bonds. The van der Waals surface area contributed by atoms with Crippen LogP contribution in [0.1, 0.15) is 22.5 Å². The summed E-state index contributed by atoms with van der Waals surface area (Å²) in [7, 11) is 0. The Hall–Kier alpha value is -3.70. The minimum Gasteiger partial charge on any atom is -0.326 e. The number of nitrogens with zero attached hydrogens (tertiary/aromatic N) is 3. The first-order valence-electron chi connectivity index (χ1n) is 9.28. The van der Waals surface area contributed by atoms with Gasteiger partial charge in [0.25, 0.3) is 0 Å². The second-order valence-corrected chi connectivity index (χ2v) is 6.59. The van der Waals surface area contributed by atoms with Crippen molar-refractivity contribution in [1.82, 2.24) is 15.3 Å². The number of amides is 1. The number of halogens is 2. The van der Waals surface area contributed by atoms with E-state index in [9.17, 15) is 13.6 Å². The fraction of sp³-hybridized carbons (Fsp3) is 0.182. The number of carbonyl (C=O) groups is 1. The van der Waals surface area contributed by atoms with E-state index in [2.05, 4.69) is 20.6 Å². The summed E-state index contributed by atoms with van der Waals surface area (Å²) < 4.78 is 26.5. The average molecular weight is 407 g/mol. The summed E-state index contributed by atoms with van der Waals surface area (Å²) in [5.74, 6) is -1.38. The lowest BCUT2D eigenvalue weighted by atomic mass is 10.1. The molecular weight excluding hydrogens is 388 g/mol. The molecular formula is C22H19F2N5O. The van der Waals surface area contributed by atoms with Crippen LogP contribution in [0.15, 0.2) is 54.9 Å². The molecule has 1 aromatic heterocycles. The lowest BCUT2D eigenvalue weighted by molar-refractivity contribution is -0.115. The smallest absolute Gasteiger partial charge is 0.230 e. The number of aromatic nitrogens is 2. The summed E-state index contributed by atoms with van der Waals surface area (Å²) in [5, 5.41) is 14.6. The van der Waals surface area contributed by atoms with Gasteiger partial charge in [0.15, 0.2) is 5.69 Å². The van der Waals surface area contributed by atoms with E-state index in [0.29, 0.717) is 30.0 Å². The third-order valence-electron chi connectivity index (χ3n) is 4.32. The maximum Gasteiger partial charge on any atom is 0.230 e. The van der Waals surface area contributed by atoms with Gasteiger partial charge in [-0.15, -0.1) is 0 Å². The molecule has 0 fully saturated rings. The Bertz CT molecular complexity index is 1050. The van der Waals surface area contributed by atoms with Gasteiger partial charge in [-0.2, -0.15) is 5.26 Å². The summed E-state index contributed by atoms with van der Waals surface area (Å²) in [6.07, 6.45) is 3.52. The quantitative estimate of drug-likeness (QED) is 0.560. The van der Waals surface area contributed by atoms with Crippen molar-refractivity contribution >= 4 is 11.6 Å². The Morgan fingerprint density at radius 3 is 2.53 bits per heavy atom. The average Bonchev–Trinajstić information content (AvgIpc) is 2.74. The van der Waals surface area contributed by atoms with E-state index in [1.807, 2.05) is 18.2 Å². The van der Waals surface area contributed by atoms with Crippen LogP contribution in [0.25, 0.3) is 0 Å². The minimum atomic E-state index is -0.590. The molecule has 30 heavy (non-hydrogen) atoms. The van der Waals surface area contributed by atoms with E-state index < -0.39 is 11.6 Å². The van der Waals surface area contributed by atoms with Crippen LogP contribution in [0.2, 0.25) is 0 Å². The number of benzene rings is 2. The fourth-order valence-electron chi connectivity index (χ4n) is 2.75. The Morgan fingerprint density at radius 2 is 1.87 bits per heavy atom. The van der Waals surface area contributed by atoms with Crippen molar-refractivity contribution in [2.45, 2.75) is 19.4 Å². The summed E-state index contributed by atoms with van der Waals surface area (Å²) in [5.41, 5.74) is 2.81. The van der Waals surface area contributed by atoms with Crippen molar-refractivity contribution in [3.63, 3.8) is 0 Å². The lowest BCUT2D eigenvalue weighted by Gasteiger charge is -2.08. The number of nitrogens with one attached hydrogen (secondary N) is 2. The molecule has 0 aliphatic carbocycles. The Balaban J connectivity index is 1.42. The van der Waals surface area contributed by atoms with Gasteiger partial charge in [-0.25, -0.2) is 13.8 Å². The van der Waals surface area contributed by atoms with Gasteiger partial charge in [0, 0.05) is 23.9 Å². The van der Waals surface area contributed by atoms with Crippen LogP contribution in [0.5, 0.6) is 0 Å². The molecule has 2 aromatic carbocycles. The normalized spacial score (nSPS) is 10.4. The monoisotopic (exact) mass is 407 g/mol. The maximum atomic E-state index is 13.6. The first-order chi connectivity index (χ1) is 14.5. The molecule has 0 unspecified atom stereocenters. The highest BCUT2D eigenvalue weighted by Gasteiger charge is 2.07. The molecule has 0 saturated heterocycles. The van der Waals surface area contributed by atoms with Crippen LogP contribution in [0.4, 0.5) is 14.5 Å². The van der Waals surface area contributed by atoms with Crippen molar-refractivity contribution in [2.75, 3.05) is 11.9 Å². The predicted molar refractivity (Wildman–Crippen MR) is 107 cm³/mol. The van der Waals surface area contributed by atoms with Crippen LogP contribution < -0.4 is 10.6 Å². The minimum absolute atomic E-state index is 0.0598. The molecule has 8 heteroatoms. The van der Waals surface area contributed by atoms with Gasteiger partial charge in [0.1, 0.15) is 17.7 Å². The Kier molecular flexibility index (Phi) is 7.14.